The molecule has 3 rings (SSSR count). The third-order valence-electron chi connectivity index (χ3n) is 4.13. The quantitative estimate of drug-likeness (QED) is 0.865. The van der Waals surface area contributed by atoms with E-state index in [-0.39, 0.29) is 0 Å². The fourth-order valence-electron chi connectivity index (χ4n) is 2.85. The first-order valence-corrected chi connectivity index (χ1v) is 7.09. The van der Waals surface area contributed by atoms with Gasteiger partial charge in [-0.25, -0.2) is 0 Å². The number of aliphatic hydroxyl groups is 1. The van der Waals surface area contributed by atoms with Gasteiger partial charge < -0.3 is 9.84 Å². The third kappa shape index (κ3) is 2.86. The van der Waals surface area contributed by atoms with Crippen molar-refractivity contribution in [1.82, 2.24) is 0 Å². The summed E-state index contributed by atoms with van der Waals surface area (Å²) in [5.41, 5.74) is 2.17. The SMILES string of the molecule is CC(O)(CCc1ccc2c(c1)CCO2)CC1CC1. The van der Waals surface area contributed by atoms with Crippen LogP contribution in [0.5, 0.6) is 5.75 Å². The van der Waals surface area contributed by atoms with Gasteiger partial charge in [-0.15, -0.1) is 0 Å². The van der Waals surface area contributed by atoms with E-state index >= 15 is 0 Å². The van der Waals surface area contributed by atoms with Crippen LogP contribution in [-0.2, 0) is 12.8 Å². The number of hydrogen-bond donors (Lipinski definition) is 1. The smallest absolute Gasteiger partial charge is 0.122 e. The van der Waals surface area contributed by atoms with E-state index in [9.17, 15) is 5.11 Å². The minimum Gasteiger partial charge on any atom is -0.493 e. The fourth-order valence-corrected chi connectivity index (χ4v) is 2.85. The zero-order valence-corrected chi connectivity index (χ0v) is 11.1. The van der Waals surface area contributed by atoms with Gasteiger partial charge in [-0.2, -0.15) is 0 Å². The standard InChI is InChI=1S/C16H22O2/c1-16(17,11-13-2-3-13)8-6-12-4-5-15-14(10-12)7-9-18-15/h4-5,10,13,17H,2-3,6-9,11H2,1H3. The normalized spacial score (nSPS) is 21.2. The second-order valence-electron chi connectivity index (χ2n) is 6.18. The average Bonchev–Trinajstić information content (AvgIpc) is 3.00. The van der Waals surface area contributed by atoms with Crippen LogP contribution in [-0.4, -0.2) is 17.3 Å². The molecule has 1 atom stereocenters. The van der Waals surface area contributed by atoms with Crippen LogP contribution in [0, 0.1) is 5.92 Å². The van der Waals surface area contributed by atoms with E-state index in [1.165, 1.54) is 24.0 Å². The molecule has 98 valence electrons. The monoisotopic (exact) mass is 246 g/mol. The highest BCUT2D eigenvalue weighted by molar-refractivity contribution is 5.39. The molecule has 1 N–H and O–H groups in total. The summed E-state index contributed by atoms with van der Waals surface area (Å²) in [5.74, 6) is 1.83. The average molecular weight is 246 g/mol. The highest BCUT2D eigenvalue weighted by Crippen LogP contribution is 2.38. The number of rotatable bonds is 5. The van der Waals surface area contributed by atoms with Gasteiger partial charge in [0.1, 0.15) is 5.75 Å². The number of ether oxygens (including phenoxy) is 1. The van der Waals surface area contributed by atoms with Crippen LogP contribution in [0.15, 0.2) is 18.2 Å². The molecule has 1 aromatic rings. The van der Waals surface area contributed by atoms with Gasteiger partial charge in [0.15, 0.2) is 0 Å². The highest BCUT2D eigenvalue weighted by atomic mass is 16.5. The zero-order chi connectivity index (χ0) is 12.6. The molecule has 1 aliphatic heterocycles. The maximum atomic E-state index is 10.4. The lowest BCUT2D eigenvalue weighted by Gasteiger charge is -2.23. The lowest BCUT2D eigenvalue weighted by molar-refractivity contribution is 0.0367. The van der Waals surface area contributed by atoms with Crippen LogP contribution in [0.4, 0.5) is 0 Å². The molecule has 0 spiro atoms. The molecule has 0 amide bonds. The van der Waals surface area contributed by atoms with Gasteiger partial charge in [0.25, 0.3) is 0 Å². The first kappa shape index (κ1) is 12.0. The number of hydrogen-bond acceptors (Lipinski definition) is 2. The van der Waals surface area contributed by atoms with Crippen molar-refractivity contribution in [3.63, 3.8) is 0 Å². The summed E-state index contributed by atoms with van der Waals surface area (Å²) in [6, 6.07) is 6.46. The van der Waals surface area contributed by atoms with Crippen LogP contribution < -0.4 is 4.74 Å². The molecule has 0 aromatic heterocycles. The van der Waals surface area contributed by atoms with Crippen molar-refractivity contribution in [1.29, 1.82) is 0 Å². The van der Waals surface area contributed by atoms with Gasteiger partial charge in [0.2, 0.25) is 0 Å². The molecular weight excluding hydrogens is 224 g/mol. The Morgan fingerprint density at radius 1 is 1.39 bits per heavy atom. The van der Waals surface area contributed by atoms with Crippen molar-refractivity contribution in [3.05, 3.63) is 29.3 Å². The number of benzene rings is 1. The number of fused-ring (bicyclic) bond motifs is 1. The van der Waals surface area contributed by atoms with Crippen molar-refractivity contribution in [2.45, 2.75) is 51.0 Å². The minimum atomic E-state index is -0.489. The zero-order valence-electron chi connectivity index (χ0n) is 11.1. The Morgan fingerprint density at radius 2 is 2.22 bits per heavy atom. The van der Waals surface area contributed by atoms with Crippen molar-refractivity contribution >= 4 is 0 Å². The summed E-state index contributed by atoms with van der Waals surface area (Å²) < 4.78 is 5.51. The first-order valence-electron chi connectivity index (χ1n) is 7.09. The summed E-state index contributed by atoms with van der Waals surface area (Å²) in [5, 5.41) is 10.4. The summed E-state index contributed by atoms with van der Waals surface area (Å²) in [4.78, 5) is 0. The van der Waals surface area contributed by atoms with Crippen LogP contribution in [0.3, 0.4) is 0 Å². The van der Waals surface area contributed by atoms with Crippen LogP contribution >= 0.6 is 0 Å². The van der Waals surface area contributed by atoms with Gasteiger partial charge in [0.05, 0.1) is 12.2 Å². The maximum Gasteiger partial charge on any atom is 0.122 e. The predicted octanol–water partition coefficient (Wildman–Crippen LogP) is 3.11. The molecule has 18 heavy (non-hydrogen) atoms. The molecule has 0 bridgehead atoms. The molecule has 2 nitrogen and oxygen atoms in total. The first-order chi connectivity index (χ1) is 8.62. The molecule has 1 unspecified atom stereocenters. The van der Waals surface area contributed by atoms with E-state index < -0.39 is 5.60 Å². The van der Waals surface area contributed by atoms with Crippen LogP contribution in [0.25, 0.3) is 0 Å². The van der Waals surface area contributed by atoms with Gasteiger partial charge in [-0.3, -0.25) is 0 Å². The molecule has 2 aliphatic rings. The Balaban J connectivity index is 1.58. The van der Waals surface area contributed by atoms with Crippen LogP contribution in [0.2, 0.25) is 0 Å². The molecule has 0 radical (unpaired) electrons. The van der Waals surface area contributed by atoms with E-state index in [4.69, 9.17) is 4.74 Å². The van der Waals surface area contributed by atoms with E-state index in [0.29, 0.717) is 0 Å². The summed E-state index contributed by atoms with van der Waals surface area (Å²) in [6.07, 6.45) is 6.46. The van der Waals surface area contributed by atoms with Gasteiger partial charge >= 0.3 is 0 Å². The second kappa shape index (κ2) is 4.58. The maximum absolute atomic E-state index is 10.4. The van der Waals surface area contributed by atoms with E-state index in [2.05, 4.69) is 18.2 Å². The molecule has 1 fully saturated rings. The Bertz CT molecular complexity index is 433. The second-order valence-corrected chi connectivity index (χ2v) is 6.18. The summed E-state index contributed by atoms with van der Waals surface area (Å²) in [7, 11) is 0. The minimum absolute atomic E-state index is 0.489. The fraction of sp³-hybridized carbons (Fsp3) is 0.625. The third-order valence-corrected chi connectivity index (χ3v) is 4.13. The number of aryl methyl sites for hydroxylation is 1. The molecule has 2 heteroatoms. The molecular formula is C16H22O2. The Morgan fingerprint density at radius 3 is 3.00 bits per heavy atom. The summed E-state index contributed by atoms with van der Waals surface area (Å²) >= 11 is 0. The molecule has 1 saturated carbocycles. The van der Waals surface area contributed by atoms with Crippen molar-refractivity contribution in [2.75, 3.05) is 6.61 Å². The lowest BCUT2D eigenvalue weighted by Crippen LogP contribution is -2.25. The molecule has 1 heterocycles. The van der Waals surface area contributed by atoms with E-state index in [1.807, 2.05) is 6.92 Å². The van der Waals surface area contributed by atoms with Crippen molar-refractivity contribution < 1.29 is 9.84 Å². The largest absolute Gasteiger partial charge is 0.493 e. The van der Waals surface area contributed by atoms with Gasteiger partial charge in [0, 0.05) is 6.42 Å². The van der Waals surface area contributed by atoms with Gasteiger partial charge in [-0.1, -0.05) is 25.0 Å². The highest BCUT2D eigenvalue weighted by Gasteiger charge is 2.31. The summed E-state index contributed by atoms with van der Waals surface area (Å²) in [6.45, 7) is 2.81. The van der Waals surface area contributed by atoms with Crippen molar-refractivity contribution in [3.8, 4) is 5.75 Å². The Hall–Kier alpha value is -1.02. The van der Waals surface area contributed by atoms with Gasteiger partial charge in [-0.05, 0) is 49.3 Å². The van der Waals surface area contributed by atoms with E-state index in [1.54, 1.807) is 0 Å². The van der Waals surface area contributed by atoms with Crippen molar-refractivity contribution in [2.24, 2.45) is 5.92 Å². The van der Waals surface area contributed by atoms with Crippen LogP contribution in [0.1, 0.15) is 43.7 Å². The topological polar surface area (TPSA) is 29.5 Å². The molecule has 1 aliphatic carbocycles. The molecule has 1 aromatic carbocycles. The lowest BCUT2D eigenvalue weighted by atomic mass is 9.91. The van der Waals surface area contributed by atoms with E-state index in [0.717, 1.165) is 44.0 Å². The Kier molecular flexibility index (Phi) is 3.06. The molecule has 0 saturated heterocycles. The predicted molar refractivity (Wildman–Crippen MR) is 71.9 cm³/mol. The Labute approximate surface area is 109 Å².